The number of rotatable bonds is 6. The van der Waals surface area contributed by atoms with Crippen molar-refractivity contribution < 1.29 is 31.5 Å². The highest BCUT2D eigenvalue weighted by molar-refractivity contribution is 5.98. The van der Waals surface area contributed by atoms with Gasteiger partial charge in [0.05, 0.1) is 24.4 Å². The lowest BCUT2D eigenvalue weighted by atomic mass is 10.1. The number of amides is 1. The van der Waals surface area contributed by atoms with Crippen molar-refractivity contribution in [2.24, 2.45) is 0 Å². The Bertz CT molecular complexity index is 1520. The quantitative estimate of drug-likeness (QED) is 0.356. The Balaban J connectivity index is 1.41. The van der Waals surface area contributed by atoms with Crippen LogP contribution in [0.5, 0.6) is 5.88 Å². The van der Waals surface area contributed by atoms with E-state index in [1.165, 1.54) is 31.5 Å². The molecule has 0 bridgehead atoms. The molecular weight excluding hydrogens is 525 g/mol. The predicted octanol–water partition coefficient (Wildman–Crippen LogP) is 3.49. The number of alkyl halides is 4. The summed E-state index contributed by atoms with van der Waals surface area (Å²) in [5.41, 5.74) is 4.99. The van der Waals surface area contributed by atoms with E-state index in [1.54, 1.807) is 17.0 Å². The second kappa shape index (κ2) is 10.1. The highest BCUT2D eigenvalue weighted by Crippen LogP contribution is 2.39. The molecule has 9 nitrogen and oxygen atoms in total. The van der Waals surface area contributed by atoms with Crippen LogP contribution in [0.4, 0.5) is 27.8 Å². The van der Waals surface area contributed by atoms with Gasteiger partial charge in [0, 0.05) is 31.4 Å². The molecule has 0 aliphatic carbocycles. The van der Waals surface area contributed by atoms with Crippen LogP contribution in [-0.4, -0.2) is 62.8 Å². The summed E-state index contributed by atoms with van der Waals surface area (Å²) in [5.74, 6) is -1.57. The number of halogens is 5. The molecule has 2 unspecified atom stereocenters. The SMILES string of the molecule is COc1ncc(-c2cc(C(F)(F)F)c3c(N)ncnn23)cc1C(=O)NC1CN(Cc2ccc(F)cc2)CC1F. The first-order valence-corrected chi connectivity index (χ1v) is 11.7. The van der Waals surface area contributed by atoms with E-state index in [0.717, 1.165) is 22.5 Å². The molecule has 1 aliphatic heterocycles. The summed E-state index contributed by atoms with van der Waals surface area (Å²) >= 11 is 0. The Labute approximate surface area is 218 Å². The summed E-state index contributed by atoms with van der Waals surface area (Å²) in [6, 6.07) is 7.10. The fourth-order valence-corrected chi connectivity index (χ4v) is 4.61. The summed E-state index contributed by atoms with van der Waals surface area (Å²) in [5, 5.41) is 6.53. The maximum Gasteiger partial charge on any atom is 0.418 e. The van der Waals surface area contributed by atoms with Crippen molar-refractivity contribution in [3.8, 4) is 17.1 Å². The summed E-state index contributed by atoms with van der Waals surface area (Å²) in [6.07, 6.45) is -3.90. The molecule has 3 N–H and O–H groups in total. The number of pyridine rings is 1. The number of benzene rings is 1. The van der Waals surface area contributed by atoms with E-state index < -0.39 is 35.4 Å². The van der Waals surface area contributed by atoms with E-state index in [2.05, 4.69) is 20.4 Å². The lowest BCUT2D eigenvalue weighted by Crippen LogP contribution is -2.41. The maximum absolute atomic E-state index is 14.8. The van der Waals surface area contributed by atoms with Crippen molar-refractivity contribution >= 4 is 17.2 Å². The molecule has 39 heavy (non-hydrogen) atoms. The molecule has 0 spiro atoms. The zero-order chi connectivity index (χ0) is 27.9. The van der Waals surface area contributed by atoms with E-state index >= 15 is 0 Å². The fourth-order valence-electron chi connectivity index (χ4n) is 4.61. The third kappa shape index (κ3) is 5.19. The van der Waals surface area contributed by atoms with Gasteiger partial charge in [-0.1, -0.05) is 12.1 Å². The molecule has 204 valence electrons. The number of hydrogen-bond donors (Lipinski definition) is 2. The van der Waals surface area contributed by atoms with Crippen LogP contribution < -0.4 is 15.8 Å². The maximum atomic E-state index is 14.8. The van der Waals surface area contributed by atoms with Crippen LogP contribution in [0.25, 0.3) is 16.8 Å². The van der Waals surface area contributed by atoms with E-state index in [1.807, 2.05) is 0 Å². The first-order valence-electron chi connectivity index (χ1n) is 11.7. The lowest BCUT2D eigenvalue weighted by Gasteiger charge is -2.17. The Hall–Kier alpha value is -4.33. The molecule has 4 aromatic rings. The molecule has 14 heteroatoms. The van der Waals surface area contributed by atoms with Crippen LogP contribution in [0.2, 0.25) is 0 Å². The number of anilines is 1. The Morgan fingerprint density at radius 3 is 2.62 bits per heavy atom. The van der Waals surface area contributed by atoms with Gasteiger partial charge in [0.2, 0.25) is 5.88 Å². The zero-order valence-corrected chi connectivity index (χ0v) is 20.4. The summed E-state index contributed by atoms with van der Waals surface area (Å²) in [6.45, 7) is 0.602. The number of hydrogen-bond acceptors (Lipinski definition) is 7. The van der Waals surface area contributed by atoms with Crippen LogP contribution >= 0.6 is 0 Å². The van der Waals surface area contributed by atoms with Gasteiger partial charge >= 0.3 is 6.18 Å². The molecular formula is C25H22F5N7O2. The molecule has 2 atom stereocenters. The number of likely N-dealkylation sites (tertiary alicyclic amines) is 1. The third-order valence-corrected chi connectivity index (χ3v) is 6.43. The number of carbonyl (C=O) groups is 1. The molecule has 4 heterocycles. The second-order valence-electron chi connectivity index (χ2n) is 9.04. The zero-order valence-electron chi connectivity index (χ0n) is 20.4. The molecule has 1 aromatic carbocycles. The van der Waals surface area contributed by atoms with Gasteiger partial charge in [0.25, 0.3) is 5.91 Å². The number of ether oxygens (including phenoxy) is 1. The molecule has 1 amide bonds. The minimum atomic E-state index is -4.75. The predicted molar refractivity (Wildman–Crippen MR) is 130 cm³/mol. The Kier molecular flexibility index (Phi) is 6.80. The number of methoxy groups -OCH3 is 1. The largest absolute Gasteiger partial charge is 0.480 e. The summed E-state index contributed by atoms with van der Waals surface area (Å²) in [7, 11) is 1.28. The monoisotopic (exact) mass is 547 g/mol. The van der Waals surface area contributed by atoms with Crippen LogP contribution in [-0.2, 0) is 12.7 Å². The number of nitrogens with zero attached hydrogens (tertiary/aromatic N) is 5. The van der Waals surface area contributed by atoms with Gasteiger partial charge in [0.15, 0.2) is 5.82 Å². The Morgan fingerprint density at radius 1 is 1.18 bits per heavy atom. The van der Waals surface area contributed by atoms with Gasteiger partial charge in [0.1, 0.15) is 29.4 Å². The normalized spacial score (nSPS) is 18.0. The van der Waals surface area contributed by atoms with Gasteiger partial charge in [-0.2, -0.15) is 18.3 Å². The molecule has 1 aliphatic rings. The van der Waals surface area contributed by atoms with Gasteiger partial charge in [-0.3, -0.25) is 9.69 Å². The van der Waals surface area contributed by atoms with Crippen molar-refractivity contribution in [1.29, 1.82) is 0 Å². The molecule has 1 saturated heterocycles. The lowest BCUT2D eigenvalue weighted by molar-refractivity contribution is -0.136. The molecule has 0 radical (unpaired) electrons. The number of nitrogens with one attached hydrogen (secondary N) is 1. The third-order valence-electron chi connectivity index (χ3n) is 6.43. The first-order chi connectivity index (χ1) is 18.5. The van der Waals surface area contributed by atoms with Crippen molar-refractivity contribution in [1.82, 2.24) is 29.8 Å². The fraction of sp³-hybridized carbons (Fsp3) is 0.280. The molecule has 1 fully saturated rings. The van der Waals surface area contributed by atoms with Crippen LogP contribution in [0.3, 0.4) is 0 Å². The van der Waals surface area contributed by atoms with E-state index in [-0.39, 0.29) is 47.4 Å². The summed E-state index contributed by atoms with van der Waals surface area (Å²) < 4.78 is 75.3. The highest BCUT2D eigenvalue weighted by atomic mass is 19.4. The number of nitrogens with two attached hydrogens (primary N) is 1. The molecule has 3 aromatic heterocycles. The van der Waals surface area contributed by atoms with E-state index in [4.69, 9.17) is 10.5 Å². The van der Waals surface area contributed by atoms with Crippen molar-refractivity contribution in [3.05, 3.63) is 71.4 Å². The van der Waals surface area contributed by atoms with Gasteiger partial charge in [-0.15, -0.1) is 0 Å². The van der Waals surface area contributed by atoms with Crippen molar-refractivity contribution in [2.75, 3.05) is 25.9 Å². The van der Waals surface area contributed by atoms with Gasteiger partial charge in [-0.05, 0) is 29.8 Å². The first kappa shape index (κ1) is 26.3. The smallest absolute Gasteiger partial charge is 0.418 e. The second-order valence-corrected chi connectivity index (χ2v) is 9.04. The van der Waals surface area contributed by atoms with E-state index in [9.17, 15) is 26.7 Å². The average molecular weight is 547 g/mol. The van der Waals surface area contributed by atoms with Crippen LogP contribution in [0.1, 0.15) is 21.5 Å². The summed E-state index contributed by atoms with van der Waals surface area (Å²) in [4.78, 5) is 22.7. The van der Waals surface area contributed by atoms with Crippen LogP contribution in [0.15, 0.2) is 48.9 Å². The van der Waals surface area contributed by atoms with Crippen molar-refractivity contribution in [2.45, 2.75) is 24.9 Å². The van der Waals surface area contributed by atoms with E-state index in [0.29, 0.717) is 6.54 Å². The average Bonchev–Trinajstić information content (AvgIpc) is 3.46. The number of nitrogen functional groups attached to an aromatic ring is 1. The molecule has 0 saturated carbocycles. The number of fused-ring (bicyclic) bond motifs is 1. The minimum Gasteiger partial charge on any atom is -0.480 e. The van der Waals surface area contributed by atoms with Gasteiger partial charge in [-0.25, -0.2) is 23.3 Å². The standard InChI is InChI=1S/C25H22F5N7O2/c1-39-24-16(23(38)35-19-11-36(10-18(19)27)9-13-2-4-15(26)5-3-13)6-14(8-32-24)20-7-17(25(28,29)30)21-22(31)33-12-34-37(20)21/h2-8,12,18-19H,9-11H2,1H3,(H,35,38)(H2,31,33,34). The van der Waals surface area contributed by atoms with Crippen LogP contribution in [0, 0.1) is 5.82 Å². The number of aromatic nitrogens is 4. The topological polar surface area (TPSA) is 111 Å². The van der Waals surface area contributed by atoms with Crippen molar-refractivity contribution in [3.63, 3.8) is 0 Å². The minimum absolute atomic E-state index is 0.0367. The number of carbonyl (C=O) groups excluding carboxylic acids is 1. The Morgan fingerprint density at radius 2 is 1.92 bits per heavy atom. The highest BCUT2D eigenvalue weighted by Gasteiger charge is 2.37. The molecule has 5 rings (SSSR count). The van der Waals surface area contributed by atoms with Gasteiger partial charge < -0.3 is 15.8 Å².